The molecule has 0 aliphatic heterocycles. The fourth-order valence-corrected chi connectivity index (χ4v) is 4.29. The number of nitrogens with one attached hydrogen (secondary N) is 1. The topological polar surface area (TPSA) is 98.5 Å². The fraction of sp³-hybridized carbons (Fsp3) is 0.235. The van der Waals surface area contributed by atoms with Gasteiger partial charge in [0.15, 0.2) is 6.61 Å². The van der Waals surface area contributed by atoms with Crippen molar-refractivity contribution in [3.8, 4) is 0 Å². The lowest BCUT2D eigenvalue weighted by molar-refractivity contribution is -0.119. The van der Waals surface area contributed by atoms with E-state index in [1.54, 1.807) is 24.3 Å². The van der Waals surface area contributed by atoms with Crippen LogP contribution in [0.2, 0.25) is 0 Å². The first-order valence-electron chi connectivity index (χ1n) is 7.62. The minimum atomic E-state index is -0.591. The number of nitrogens with two attached hydrogens (primary N) is 1. The van der Waals surface area contributed by atoms with E-state index in [0.29, 0.717) is 16.1 Å². The summed E-state index contributed by atoms with van der Waals surface area (Å²) >= 11 is 4.64. The molecule has 1 aliphatic rings. The summed E-state index contributed by atoms with van der Waals surface area (Å²) in [7, 11) is 0. The predicted octanol–water partition coefficient (Wildman–Crippen LogP) is 2.89. The summed E-state index contributed by atoms with van der Waals surface area (Å²) in [5, 5.41) is 3.06. The zero-order valence-corrected chi connectivity index (χ0v) is 15.5. The monoisotopic (exact) mass is 422 g/mol. The second kappa shape index (κ2) is 7.37. The normalized spacial score (nSPS) is 12.5. The largest absolute Gasteiger partial charge is 0.452 e. The van der Waals surface area contributed by atoms with Gasteiger partial charge in [0.2, 0.25) is 0 Å². The fourth-order valence-electron chi connectivity index (χ4n) is 2.72. The van der Waals surface area contributed by atoms with E-state index in [2.05, 4.69) is 21.2 Å². The first-order chi connectivity index (χ1) is 12.0. The molecule has 1 aromatic heterocycles. The molecule has 0 bridgehead atoms. The van der Waals surface area contributed by atoms with Crippen LogP contribution >= 0.6 is 27.3 Å². The molecule has 0 radical (unpaired) electrons. The summed E-state index contributed by atoms with van der Waals surface area (Å²) in [6.45, 7) is -0.435. The molecule has 2 amide bonds. The van der Waals surface area contributed by atoms with Gasteiger partial charge >= 0.3 is 5.97 Å². The van der Waals surface area contributed by atoms with Crippen molar-refractivity contribution in [3.05, 3.63) is 50.3 Å². The smallest absolute Gasteiger partial charge is 0.338 e. The van der Waals surface area contributed by atoms with E-state index in [4.69, 9.17) is 10.5 Å². The highest BCUT2D eigenvalue weighted by molar-refractivity contribution is 9.10. The van der Waals surface area contributed by atoms with Gasteiger partial charge in [-0.2, -0.15) is 0 Å². The van der Waals surface area contributed by atoms with E-state index in [9.17, 15) is 14.4 Å². The van der Waals surface area contributed by atoms with Gasteiger partial charge in [0, 0.05) is 9.35 Å². The summed E-state index contributed by atoms with van der Waals surface area (Å²) in [6.07, 6.45) is 2.66. The Morgan fingerprint density at radius 3 is 2.60 bits per heavy atom. The highest BCUT2D eigenvalue weighted by Gasteiger charge is 2.26. The Hall–Kier alpha value is -2.19. The maximum atomic E-state index is 12.1. The van der Waals surface area contributed by atoms with Crippen molar-refractivity contribution in [2.45, 2.75) is 19.3 Å². The zero-order valence-electron chi connectivity index (χ0n) is 13.1. The number of rotatable bonds is 5. The number of ether oxygens (including phenoxy) is 1. The van der Waals surface area contributed by atoms with Crippen LogP contribution in [0.5, 0.6) is 0 Å². The second-order valence-electron chi connectivity index (χ2n) is 5.56. The van der Waals surface area contributed by atoms with E-state index in [-0.39, 0.29) is 0 Å². The number of hydrogen-bond donors (Lipinski definition) is 2. The molecule has 0 spiro atoms. The molecule has 130 valence electrons. The predicted molar refractivity (Wildman–Crippen MR) is 97.9 cm³/mol. The molecule has 0 saturated heterocycles. The van der Waals surface area contributed by atoms with Gasteiger partial charge < -0.3 is 15.8 Å². The molecule has 2 aromatic rings. The van der Waals surface area contributed by atoms with E-state index < -0.39 is 24.4 Å². The van der Waals surface area contributed by atoms with Crippen LogP contribution in [-0.2, 0) is 22.4 Å². The van der Waals surface area contributed by atoms with E-state index in [0.717, 1.165) is 34.2 Å². The van der Waals surface area contributed by atoms with E-state index in [1.165, 1.54) is 11.3 Å². The Morgan fingerprint density at radius 2 is 1.92 bits per heavy atom. The standard InChI is InChI=1S/C17H15BrN2O4S/c18-10-6-4-9(5-7-10)17(23)24-8-13(21)20-16-14(15(19)22)11-2-1-3-12(11)25-16/h4-7H,1-3,8H2,(H2,19,22)(H,20,21). The molecule has 3 rings (SSSR count). The van der Waals surface area contributed by atoms with Crippen LogP contribution in [0.1, 0.15) is 37.6 Å². The molecule has 3 N–H and O–H groups in total. The van der Waals surface area contributed by atoms with Crippen molar-refractivity contribution >= 4 is 50.1 Å². The summed E-state index contributed by atoms with van der Waals surface area (Å²) in [4.78, 5) is 36.7. The van der Waals surface area contributed by atoms with Gasteiger partial charge in [-0.15, -0.1) is 11.3 Å². The van der Waals surface area contributed by atoms with Gasteiger partial charge in [-0.3, -0.25) is 9.59 Å². The van der Waals surface area contributed by atoms with Crippen molar-refractivity contribution in [3.63, 3.8) is 0 Å². The van der Waals surface area contributed by atoms with E-state index >= 15 is 0 Å². The lowest BCUT2D eigenvalue weighted by Gasteiger charge is -2.07. The molecule has 6 nitrogen and oxygen atoms in total. The van der Waals surface area contributed by atoms with Crippen molar-refractivity contribution in [2.24, 2.45) is 5.73 Å². The third-order valence-corrected chi connectivity index (χ3v) is 5.57. The molecule has 25 heavy (non-hydrogen) atoms. The number of aryl methyl sites for hydroxylation is 1. The quantitative estimate of drug-likeness (QED) is 0.723. The highest BCUT2D eigenvalue weighted by Crippen LogP contribution is 2.38. The molecule has 1 aliphatic carbocycles. The SMILES string of the molecule is NC(=O)c1c(NC(=O)COC(=O)c2ccc(Br)cc2)sc2c1CCC2. The number of fused-ring (bicyclic) bond motifs is 1. The van der Waals surface area contributed by atoms with Crippen molar-refractivity contribution < 1.29 is 19.1 Å². The van der Waals surface area contributed by atoms with Crippen LogP contribution in [0.25, 0.3) is 0 Å². The first-order valence-corrected chi connectivity index (χ1v) is 9.23. The van der Waals surface area contributed by atoms with Gasteiger partial charge in [-0.1, -0.05) is 15.9 Å². The summed E-state index contributed by atoms with van der Waals surface area (Å²) in [5.74, 6) is -1.65. The minimum absolute atomic E-state index is 0.351. The lowest BCUT2D eigenvalue weighted by atomic mass is 10.1. The number of amides is 2. The van der Waals surface area contributed by atoms with Crippen molar-refractivity contribution in [1.29, 1.82) is 0 Å². The number of benzene rings is 1. The maximum Gasteiger partial charge on any atom is 0.338 e. The first kappa shape index (κ1) is 17.6. The molecule has 0 atom stereocenters. The summed E-state index contributed by atoms with van der Waals surface area (Å²) in [5.41, 5.74) is 7.11. The van der Waals surface area contributed by atoms with Gasteiger partial charge in [0.05, 0.1) is 11.1 Å². The van der Waals surface area contributed by atoms with Gasteiger partial charge in [0.1, 0.15) is 5.00 Å². The highest BCUT2D eigenvalue weighted by atomic mass is 79.9. The molecule has 1 aromatic carbocycles. The molecule has 0 fully saturated rings. The molecular weight excluding hydrogens is 408 g/mol. The van der Waals surface area contributed by atoms with Crippen LogP contribution in [0.3, 0.4) is 0 Å². The van der Waals surface area contributed by atoms with Crippen molar-refractivity contribution in [1.82, 2.24) is 0 Å². The van der Waals surface area contributed by atoms with Gasteiger partial charge in [-0.05, 0) is 49.1 Å². The summed E-state index contributed by atoms with van der Waals surface area (Å²) < 4.78 is 5.84. The van der Waals surface area contributed by atoms with Crippen molar-refractivity contribution in [2.75, 3.05) is 11.9 Å². The Kier molecular flexibility index (Phi) is 5.19. The average Bonchev–Trinajstić information content (AvgIpc) is 3.13. The lowest BCUT2D eigenvalue weighted by Crippen LogP contribution is -2.22. The van der Waals surface area contributed by atoms with E-state index in [1.807, 2.05) is 0 Å². The number of anilines is 1. The molecule has 0 unspecified atom stereocenters. The van der Waals surface area contributed by atoms with Crippen LogP contribution < -0.4 is 11.1 Å². The Bertz CT molecular complexity index is 845. The molecule has 0 saturated carbocycles. The molecule has 1 heterocycles. The van der Waals surface area contributed by atoms with Crippen LogP contribution in [0.4, 0.5) is 5.00 Å². The third-order valence-electron chi connectivity index (χ3n) is 3.83. The number of carbonyl (C=O) groups is 3. The zero-order chi connectivity index (χ0) is 18.0. The number of carbonyl (C=O) groups excluding carboxylic acids is 3. The Balaban J connectivity index is 1.63. The maximum absolute atomic E-state index is 12.1. The number of esters is 1. The number of primary amides is 1. The number of halogens is 1. The van der Waals surface area contributed by atoms with Gasteiger partial charge in [0.25, 0.3) is 11.8 Å². The Labute approximate surface area is 156 Å². The number of hydrogen-bond acceptors (Lipinski definition) is 5. The summed E-state index contributed by atoms with van der Waals surface area (Å²) in [6, 6.07) is 6.62. The number of thiophene rings is 1. The average molecular weight is 423 g/mol. The van der Waals surface area contributed by atoms with Crippen LogP contribution in [0.15, 0.2) is 28.7 Å². The third kappa shape index (κ3) is 3.91. The Morgan fingerprint density at radius 1 is 1.20 bits per heavy atom. The molecular formula is C17H15BrN2O4S. The van der Waals surface area contributed by atoms with Crippen LogP contribution in [0, 0.1) is 0 Å². The van der Waals surface area contributed by atoms with Gasteiger partial charge in [-0.25, -0.2) is 4.79 Å². The second-order valence-corrected chi connectivity index (χ2v) is 7.58. The molecule has 8 heteroatoms. The minimum Gasteiger partial charge on any atom is -0.452 e. The van der Waals surface area contributed by atoms with Crippen LogP contribution in [-0.4, -0.2) is 24.4 Å².